The summed E-state index contributed by atoms with van der Waals surface area (Å²) in [6.45, 7) is 4.91. The van der Waals surface area contributed by atoms with Crippen LogP contribution in [0, 0.1) is 12.8 Å². The Hall–Kier alpha value is -2.61. The number of nitrogens with one attached hydrogen (secondary N) is 2. The first kappa shape index (κ1) is 21.7. The summed E-state index contributed by atoms with van der Waals surface area (Å²) in [5, 5.41) is 5.26. The summed E-state index contributed by atoms with van der Waals surface area (Å²) >= 11 is 5.94. The third-order valence-electron chi connectivity index (χ3n) is 3.80. The first-order valence-electron chi connectivity index (χ1n) is 8.40. The van der Waals surface area contributed by atoms with Crippen LogP contribution in [0.1, 0.15) is 41.0 Å². The van der Waals surface area contributed by atoms with E-state index >= 15 is 0 Å². The fourth-order valence-electron chi connectivity index (χ4n) is 2.30. The highest BCUT2D eigenvalue weighted by atomic mass is 35.5. The minimum absolute atomic E-state index is 0.115. The Morgan fingerprint density at radius 2 is 1.86 bits per heavy atom. The van der Waals surface area contributed by atoms with Gasteiger partial charge in [-0.15, -0.1) is 0 Å². The van der Waals surface area contributed by atoms with Crippen molar-refractivity contribution in [2.75, 3.05) is 5.32 Å². The van der Waals surface area contributed by atoms with Gasteiger partial charge in [0.15, 0.2) is 0 Å². The van der Waals surface area contributed by atoms with Crippen molar-refractivity contribution >= 4 is 29.2 Å². The number of hydrogen-bond acceptors (Lipinski definition) is 3. The van der Waals surface area contributed by atoms with E-state index in [4.69, 9.17) is 11.6 Å². The zero-order valence-electron chi connectivity index (χ0n) is 15.4. The van der Waals surface area contributed by atoms with E-state index in [-0.39, 0.29) is 40.3 Å². The molecule has 1 aromatic carbocycles. The summed E-state index contributed by atoms with van der Waals surface area (Å²) in [5.41, 5.74) is 0.0157. The van der Waals surface area contributed by atoms with Crippen molar-refractivity contribution in [2.24, 2.45) is 5.92 Å². The molecule has 0 atom stereocenters. The molecule has 2 amide bonds. The Morgan fingerprint density at radius 3 is 2.46 bits per heavy atom. The highest BCUT2D eigenvalue weighted by Gasteiger charge is 2.30. The van der Waals surface area contributed by atoms with Crippen molar-refractivity contribution < 1.29 is 22.8 Å². The van der Waals surface area contributed by atoms with E-state index in [1.54, 1.807) is 20.8 Å². The van der Waals surface area contributed by atoms with E-state index in [1.807, 2.05) is 0 Å². The minimum atomic E-state index is -4.50. The second-order valence-corrected chi connectivity index (χ2v) is 6.92. The molecule has 2 N–H and O–H groups in total. The Bertz CT molecular complexity index is 898. The van der Waals surface area contributed by atoms with E-state index in [2.05, 4.69) is 15.6 Å². The molecule has 5 nitrogen and oxygen atoms in total. The number of rotatable bonds is 5. The quantitative estimate of drug-likeness (QED) is 0.753. The Balaban J connectivity index is 2.16. The average molecular weight is 414 g/mol. The molecule has 1 aromatic heterocycles. The molecule has 0 radical (unpaired) electrons. The number of carbonyl (C=O) groups excluding carboxylic acids is 2. The molecule has 0 saturated heterocycles. The van der Waals surface area contributed by atoms with Crippen molar-refractivity contribution in [1.29, 1.82) is 0 Å². The lowest BCUT2D eigenvalue weighted by atomic mass is 10.1. The molecule has 150 valence electrons. The van der Waals surface area contributed by atoms with Gasteiger partial charge < -0.3 is 10.6 Å². The molecule has 0 aliphatic carbocycles. The van der Waals surface area contributed by atoms with E-state index in [0.717, 1.165) is 18.2 Å². The largest absolute Gasteiger partial charge is 0.416 e. The summed E-state index contributed by atoms with van der Waals surface area (Å²) in [6, 6.07) is 5.82. The van der Waals surface area contributed by atoms with Crippen LogP contribution < -0.4 is 10.6 Å². The topological polar surface area (TPSA) is 71.1 Å². The van der Waals surface area contributed by atoms with Gasteiger partial charge in [0, 0.05) is 28.7 Å². The normalized spacial score (nSPS) is 11.4. The van der Waals surface area contributed by atoms with Crippen LogP contribution in [-0.2, 0) is 17.5 Å². The smallest absolute Gasteiger partial charge is 0.348 e. The van der Waals surface area contributed by atoms with Crippen LogP contribution in [0.5, 0.6) is 0 Å². The third kappa shape index (κ3) is 5.69. The van der Waals surface area contributed by atoms with Gasteiger partial charge in [-0.1, -0.05) is 25.4 Å². The summed E-state index contributed by atoms with van der Waals surface area (Å²) in [5.74, 6) is -0.817. The summed E-state index contributed by atoms with van der Waals surface area (Å²) in [7, 11) is 0. The number of alkyl halides is 3. The van der Waals surface area contributed by atoms with Gasteiger partial charge in [0.05, 0.1) is 5.56 Å². The van der Waals surface area contributed by atoms with Crippen LogP contribution in [0.2, 0.25) is 5.02 Å². The van der Waals surface area contributed by atoms with Gasteiger partial charge in [-0.3, -0.25) is 9.59 Å². The van der Waals surface area contributed by atoms with E-state index in [9.17, 15) is 22.8 Å². The predicted molar refractivity (Wildman–Crippen MR) is 100 cm³/mol. The number of halogens is 4. The molecular formula is C19H19ClF3N3O2. The average Bonchev–Trinajstić information content (AvgIpc) is 2.59. The standard InChI is InChI=1S/C19H19ClF3N3O2/c1-10(2)17(27)26-16-8-12(6-11(3)25-16)18(28)24-9-13-7-14(19(21,22)23)4-5-15(13)20/h4-8,10H,9H2,1-3H3,(H,24,28)(H,25,26,27). The fourth-order valence-corrected chi connectivity index (χ4v) is 2.48. The number of aromatic nitrogens is 1. The Kier molecular flexibility index (Phi) is 6.66. The molecule has 0 unspecified atom stereocenters. The lowest BCUT2D eigenvalue weighted by Gasteiger charge is -2.12. The predicted octanol–water partition coefficient (Wildman–Crippen LogP) is 4.59. The second-order valence-electron chi connectivity index (χ2n) is 6.51. The van der Waals surface area contributed by atoms with E-state index in [0.29, 0.717) is 5.69 Å². The number of carbonyl (C=O) groups is 2. The number of amides is 2. The monoisotopic (exact) mass is 413 g/mol. The van der Waals surface area contributed by atoms with Gasteiger partial charge in [0.25, 0.3) is 5.91 Å². The molecule has 28 heavy (non-hydrogen) atoms. The van der Waals surface area contributed by atoms with Crippen LogP contribution in [0.4, 0.5) is 19.0 Å². The second kappa shape index (κ2) is 8.60. The maximum absolute atomic E-state index is 12.8. The zero-order valence-corrected chi connectivity index (χ0v) is 16.2. The maximum Gasteiger partial charge on any atom is 0.416 e. The van der Waals surface area contributed by atoms with E-state index < -0.39 is 17.6 Å². The van der Waals surface area contributed by atoms with Crippen LogP contribution in [0.15, 0.2) is 30.3 Å². The molecule has 0 aliphatic rings. The van der Waals surface area contributed by atoms with Gasteiger partial charge >= 0.3 is 6.18 Å². The molecule has 9 heteroatoms. The minimum Gasteiger partial charge on any atom is -0.348 e. The van der Waals surface area contributed by atoms with Crippen LogP contribution in [0.25, 0.3) is 0 Å². The highest BCUT2D eigenvalue weighted by Crippen LogP contribution is 2.31. The maximum atomic E-state index is 12.8. The fraction of sp³-hybridized carbons (Fsp3) is 0.316. The summed E-state index contributed by atoms with van der Waals surface area (Å²) in [4.78, 5) is 28.4. The molecular weight excluding hydrogens is 395 g/mol. The number of anilines is 1. The number of benzene rings is 1. The van der Waals surface area contributed by atoms with Gasteiger partial charge in [0.2, 0.25) is 5.91 Å². The lowest BCUT2D eigenvalue weighted by Crippen LogP contribution is -2.24. The summed E-state index contributed by atoms with van der Waals surface area (Å²) < 4.78 is 38.5. The Labute approximate surface area is 165 Å². The molecule has 2 aromatic rings. The molecule has 0 saturated carbocycles. The highest BCUT2D eigenvalue weighted by molar-refractivity contribution is 6.31. The molecule has 0 aliphatic heterocycles. The lowest BCUT2D eigenvalue weighted by molar-refractivity contribution is -0.137. The van der Waals surface area contributed by atoms with Gasteiger partial charge in [-0.2, -0.15) is 13.2 Å². The number of aryl methyl sites for hydroxylation is 1. The third-order valence-corrected chi connectivity index (χ3v) is 4.17. The van der Waals surface area contributed by atoms with Crippen molar-refractivity contribution in [3.8, 4) is 0 Å². The van der Waals surface area contributed by atoms with Gasteiger partial charge in [0.1, 0.15) is 5.82 Å². The van der Waals surface area contributed by atoms with Crippen molar-refractivity contribution in [1.82, 2.24) is 10.3 Å². The van der Waals surface area contributed by atoms with E-state index in [1.165, 1.54) is 12.1 Å². The Morgan fingerprint density at radius 1 is 1.18 bits per heavy atom. The number of pyridine rings is 1. The molecule has 0 bridgehead atoms. The molecule has 0 spiro atoms. The van der Waals surface area contributed by atoms with Gasteiger partial charge in [-0.05, 0) is 42.8 Å². The first-order valence-corrected chi connectivity index (χ1v) is 8.78. The van der Waals surface area contributed by atoms with Crippen LogP contribution in [0.3, 0.4) is 0 Å². The van der Waals surface area contributed by atoms with Crippen molar-refractivity contribution in [3.05, 3.63) is 57.7 Å². The van der Waals surface area contributed by atoms with Crippen LogP contribution in [-0.4, -0.2) is 16.8 Å². The molecule has 2 rings (SSSR count). The molecule has 1 heterocycles. The SMILES string of the molecule is Cc1cc(C(=O)NCc2cc(C(F)(F)F)ccc2Cl)cc(NC(=O)C(C)C)n1. The molecule has 0 fully saturated rings. The number of nitrogens with zero attached hydrogens (tertiary/aromatic N) is 1. The zero-order chi connectivity index (χ0) is 21.1. The van der Waals surface area contributed by atoms with Crippen molar-refractivity contribution in [3.63, 3.8) is 0 Å². The number of hydrogen-bond donors (Lipinski definition) is 2. The summed E-state index contributed by atoms with van der Waals surface area (Å²) in [6.07, 6.45) is -4.50. The van der Waals surface area contributed by atoms with Gasteiger partial charge in [-0.25, -0.2) is 4.98 Å². The van der Waals surface area contributed by atoms with Crippen molar-refractivity contribution in [2.45, 2.75) is 33.5 Å². The van der Waals surface area contributed by atoms with Crippen LogP contribution >= 0.6 is 11.6 Å². The first-order chi connectivity index (χ1) is 13.0.